The first-order valence-electron chi connectivity index (χ1n) is 11.3. The van der Waals surface area contributed by atoms with Crippen LogP contribution in [0.2, 0.25) is 0 Å². The largest absolute Gasteiger partial charge is 0.478 e. The number of aromatic carboxylic acids is 1. The highest BCUT2D eigenvalue weighted by molar-refractivity contribution is 6.03. The van der Waals surface area contributed by atoms with Crippen LogP contribution in [0, 0.1) is 6.92 Å². The van der Waals surface area contributed by atoms with Crippen LogP contribution in [0.15, 0.2) is 91.0 Å². The van der Waals surface area contributed by atoms with Crippen molar-refractivity contribution < 1.29 is 9.90 Å². The SMILES string of the molecule is Cc1nc2c(C(=O)O)cc(-c3ccc(-c4ccccc4CNCc4ccccc4)cc3)cc2[nH]1. The number of H-pyrrole nitrogens is 1. The Balaban J connectivity index is 1.40. The third-order valence-electron chi connectivity index (χ3n) is 5.97. The highest BCUT2D eigenvalue weighted by Crippen LogP contribution is 2.30. The fraction of sp³-hybridized carbons (Fsp3) is 0.103. The minimum Gasteiger partial charge on any atom is -0.478 e. The lowest BCUT2D eigenvalue weighted by Crippen LogP contribution is -2.13. The van der Waals surface area contributed by atoms with Crippen molar-refractivity contribution >= 4 is 17.0 Å². The van der Waals surface area contributed by atoms with E-state index >= 15 is 0 Å². The van der Waals surface area contributed by atoms with Crippen molar-refractivity contribution in [1.82, 2.24) is 15.3 Å². The molecule has 0 fully saturated rings. The third kappa shape index (κ3) is 4.47. The summed E-state index contributed by atoms with van der Waals surface area (Å²) in [5, 5.41) is 13.2. The van der Waals surface area contributed by atoms with Crippen LogP contribution >= 0.6 is 0 Å². The fourth-order valence-electron chi connectivity index (χ4n) is 4.31. The van der Waals surface area contributed by atoms with E-state index in [4.69, 9.17) is 0 Å². The van der Waals surface area contributed by atoms with E-state index in [0.29, 0.717) is 11.3 Å². The van der Waals surface area contributed by atoms with Crippen molar-refractivity contribution in [3.8, 4) is 22.3 Å². The standard InChI is InChI=1S/C29H25N3O2/c1-19-31-27-16-24(15-26(29(33)34)28(27)32-19)21-11-13-22(14-12-21)25-10-6-5-9-23(25)18-30-17-20-7-3-2-4-8-20/h2-16,30H,17-18H2,1H3,(H,31,32)(H,33,34). The van der Waals surface area contributed by atoms with Gasteiger partial charge in [0.2, 0.25) is 0 Å². The normalized spacial score (nSPS) is 11.1. The number of aryl methyl sites for hydroxylation is 1. The third-order valence-corrected chi connectivity index (χ3v) is 5.97. The lowest BCUT2D eigenvalue weighted by atomic mass is 9.96. The van der Waals surface area contributed by atoms with Gasteiger partial charge in [0.15, 0.2) is 0 Å². The van der Waals surface area contributed by atoms with Crippen molar-refractivity contribution in [2.75, 3.05) is 0 Å². The van der Waals surface area contributed by atoms with Gasteiger partial charge >= 0.3 is 5.97 Å². The molecule has 0 aliphatic rings. The van der Waals surface area contributed by atoms with Crippen LogP contribution in [-0.4, -0.2) is 21.0 Å². The molecule has 1 heterocycles. The number of fused-ring (bicyclic) bond motifs is 1. The maximum atomic E-state index is 11.8. The molecule has 0 amide bonds. The number of aromatic nitrogens is 2. The van der Waals surface area contributed by atoms with E-state index in [2.05, 4.69) is 75.9 Å². The molecule has 168 valence electrons. The second-order valence-electron chi connectivity index (χ2n) is 8.37. The number of nitrogens with zero attached hydrogens (tertiary/aromatic N) is 1. The van der Waals surface area contributed by atoms with Gasteiger partial charge in [-0.25, -0.2) is 9.78 Å². The van der Waals surface area contributed by atoms with Gasteiger partial charge < -0.3 is 15.4 Å². The molecular weight excluding hydrogens is 422 g/mol. The molecule has 5 rings (SSSR count). The van der Waals surface area contributed by atoms with Gasteiger partial charge in [-0.05, 0) is 52.4 Å². The van der Waals surface area contributed by atoms with Gasteiger partial charge in [-0.15, -0.1) is 0 Å². The van der Waals surface area contributed by atoms with Crippen LogP contribution in [0.5, 0.6) is 0 Å². The van der Waals surface area contributed by atoms with Crippen molar-refractivity contribution in [3.63, 3.8) is 0 Å². The van der Waals surface area contributed by atoms with Gasteiger partial charge in [0.05, 0.1) is 11.1 Å². The Hall–Kier alpha value is -4.22. The lowest BCUT2D eigenvalue weighted by molar-refractivity contribution is 0.0699. The number of carboxylic acid groups (broad SMARTS) is 1. The second kappa shape index (κ2) is 9.33. The molecule has 0 unspecified atom stereocenters. The lowest BCUT2D eigenvalue weighted by Gasteiger charge is -2.12. The van der Waals surface area contributed by atoms with E-state index in [0.717, 1.165) is 35.3 Å². The highest BCUT2D eigenvalue weighted by atomic mass is 16.4. The van der Waals surface area contributed by atoms with Gasteiger partial charge in [0, 0.05) is 13.1 Å². The minimum atomic E-state index is -0.980. The summed E-state index contributed by atoms with van der Waals surface area (Å²) in [6.45, 7) is 3.41. The number of carboxylic acids is 1. The molecule has 0 saturated carbocycles. The molecule has 0 bridgehead atoms. The maximum Gasteiger partial charge on any atom is 0.337 e. The van der Waals surface area contributed by atoms with Gasteiger partial charge in [0.25, 0.3) is 0 Å². The average molecular weight is 448 g/mol. The maximum absolute atomic E-state index is 11.8. The second-order valence-corrected chi connectivity index (χ2v) is 8.37. The Kier molecular flexibility index (Phi) is 5.93. The molecule has 5 nitrogen and oxygen atoms in total. The Morgan fingerprint density at radius 1 is 0.853 bits per heavy atom. The van der Waals surface area contributed by atoms with E-state index in [1.54, 1.807) is 6.07 Å². The van der Waals surface area contributed by atoms with Crippen molar-refractivity contribution in [3.05, 3.63) is 114 Å². The summed E-state index contributed by atoms with van der Waals surface area (Å²) in [5.74, 6) is -0.283. The first kappa shape index (κ1) is 21.6. The van der Waals surface area contributed by atoms with Crippen LogP contribution in [0.3, 0.4) is 0 Å². The number of hydrogen-bond donors (Lipinski definition) is 3. The van der Waals surface area contributed by atoms with Crippen LogP contribution in [0.1, 0.15) is 27.3 Å². The fourth-order valence-corrected chi connectivity index (χ4v) is 4.31. The predicted octanol–water partition coefficient (Wildman–Crippen LogP) is 6.19. The smallest absolute Gasteiger partial charge is 0.337 e. The van der Waals surface area contributed by atoms with E-state index in [9.17, 15) is 9.90 Å². The Labute approximate surface area is 198 Å². The topological polar surface area (TPSA) is 78.0 Å². The first-order chi connectivity index (χ1) is 16.6. The van der Waals surface area contributed by atoms with E-state index < -0.39 is 5.97 Å². The number of carbonyl (C=O) groups is 1. The first-order valence-corrected chi connectivity index (χ1v) is 11.3. The molecule has 0 spiro atoms. The van der Waals surface area contributed by atoms with E-state index in [-0.39, 0.29) is 5.56 Å². The summed E-state index contributed by atoms with van der Waals surface area (Å²) in [7, 11) is 0. The molecule has 0 aliphatic carbocycles. The molecule has 0 radical (unpaired) electrons. The quantitative estimate of drug-likeness (QED) is 0.278. The molecule has 1 aromatic heterocycles. The van der Waals surface area contributed by atoms with Crippen LogP contribution in [0.4, 0.5) is 0 Å². The molecule has 5 aromatic rings. The van der Waals surface area contributed by atoms with Crippen LogP contribution in [0.25, 0.3) is 33.3 Å². The molecule has 0 aliphatic heterocycles. The molecule has 0 saturated heterocycles. The van der Waals surface area contributed by atoms with Gasteiger partial charge in [-0.3, -0.25) is 0 Å². The molecule has 5 heteroatoms. The summed E-state index contributed by atoms with van der Waals surface area (Å²) >= 11 is 0. The Morgan fingerprint density at radius 2 is 1.56 bits per heavy atom. The van der Waals surface area contributed by atoms with Crippen LogP contribution < -0.4 is 5.32 Å². The summed E-state index contributed by atoms with van der Waals surface area (Å²) in [4.78, 5) is 19.3. The molecule has 0 atom stereocenters. The monoisotopic (exact) mass is 447 g/mol. The number of hydrogen-bond acceptors (Lipinski definition) is 3. The van der Waals surface area contributed by atoms with E-state index in [1.807, 2.05) is 31.2 Å². The summed E-state index contributed by atoms with van der Waals surface area (Å²) in [6.07, 6.45) is 0. The van der Waals surface area contributed by atoms with E-state index in [1.165, 1.54) is 16.7 Å². The summed E-state index contributed by atoms with van der Waals surface area (Å²) in [6, 6.07) is 30.7. The zero-order valence-corrected chi connectivity index (χ0v) is 18.9. The average Bonchev–Trinajstić information content (AvgIpc) is 3.24. The highest BCUT2D eigenvalue weighted by Gasteiger charge is 2.15. The molecule has 34 heavy (non-hydrogen) atoms. The summed E-state index contributed by atoms with van der Waals surface area (Å²) in [5.41, 5.74) is 8.02. The minimum absolute atomic E-state index is 0.204. The zero-order valence-electron chi connectivity index (χ0n) is 18.9. The number of nitrogens with one attached hydrogen (secondary N) is 2. The summed E-state index contributed by atoms with van der Waals surface area (Å²) < 4.78 is 0. The predicted molar refractivity (Wildman–Crippen MR) is 136 cm³/mol. The van der Waals surface area contributed by atoms with Crippen LogP contribution in [-0.2, 0) is 13.1 Å². The zero-order chi connectivity index (χ0) is 23.5. The number of aromatic amines is 1. The number of benzene rings is 4. The Bertz CT molecular complexity index is 1450. The molecule has 4 aromatic carbocycles. The van der Waals surface area contributed by atoms with Crippen molar-refractivity contribution in [2.45, 2.75) is 20.0 Å². The van der Waals surface area contributed by atoms with Crippen molar-refractivity contribution in [1.29, 1.82) is 0 Å². The van der Waals surface area contributed by atoms with Gasteiger partial charge in [0.1, 0.15) is 11.3 Å². The van der Waals surface area contributed by atoms with Gasteiger partial charge in [-0.2, -0.15) is 0 Å². The number of imidazole rings is 1. The Morgan fingerprint density at radius 3 is 2.32 bits per heavy atom. The molecular formula is C29H25N3O2. The van der Waals surface area contributed by atoms with Crippen molar-refractivity contribution in [2.24, 2.45) is 0 Å². The number of rotatable bonds is 7. The van der Waals surface area contributed by atoms with Gasteiger partial charge in [-0.1, -0.05) is 78.9 Å². The molecule has 3 N–H and O–H groups in total.